The van der Waals surface area contributed by atoms with Crippen molar-refractivity contribution in [2.45, 2.75) is 32.6 Å². The summed E-state index contributed by atoms with van der Waals surface area (Å²) in [6.45, 7) is 3.71. The lowest BCUT2D eigenvalue weighted by Crippen LogP contribution is -2.17. The molecule has 1 aromatic rings. The Morgan fingerprint density at radius 2 is 2.26 bits per heavy atom. The predicted octanol–water partition coefficient (Wildman–Crippen LogP) is 2.11. The van der Waals surface area contributed by atoms with Crippen LogP contribution in [0.25, 0.3) is 0 Å². The van der Waals surface area contributed by atoms with Crippen LogP contribution in [0.4, 0.5) is 5.82 Å². The summed E-state index contributed by atoms with van der Waals surface area (Å²) in [5.74, 6) is -0.465. The Hall–Kier alpha value is -1.62. The third kappa shape index (κ3) is 3.44. The van der Waals surface area contributed by atoms with Crippen molar-refractivity contribution in [1.29, 1.82) is 0 Å². The average Bonchev–Trinajstić information content (AvgIpc) is 2.42. The largest absolute Gasteiger partial charge is 0.478 e. The third-order valence-corrected chi connectivity index (χ3v) is 3.27. The number of carboxylic acids is 1. The summed E-state index contributed by atoms with van der Waals surface area (Å²) in [5, 5.41) is 12.3. The smallest absolute Gasteiger partial charge is 0.339 e. The summed E-state index contributed by atoms with van der Waals surface area (Å²) < 4.78 is 5.23. The number of ether oxygens (including phenoxy) is 1. The van der Waals surface area contributed by atoms with Gasteiger partial charge in [0, 0.05) is 18.8 Å². The molecule has 0 atom stereocenters. The van der Waals surface area contributed by atoms with Crippen LogP contribution in [0, 0.1) is 0 Å². The van der Waals surface area contributed by atoms with Crippen molar-refractivity contribution in [2.75, 3.05) is 25.1 Å². The number of fused-ring (bicyclic) bond motifs is 1. The summed E-state index contributed by atoms with van der Waals surface area (Å²) in [6, 6.07) is 1.77. The standard InChI is InChI=1S/C14H20N2O3/c1-2-19-8-7-15-13-11(14(17)18)9-10-5-3-4-6-12(10)16-13/h9H,2-8H2,1H3,(H,15,16)(H,17,18). The number of hydrogen-bond donors (Lipinski definition) is 2. The highest BCUT2D eigenvalue weighted by Gasteiger charge is 2.18. The first-order valence-corrected chi connectivity index (χ1v) is 6.80. The van der Waals surface area contributed by atoms with Crippen molar-refractivity contribution in [3.63, 3.8) is 0 Å². The van der Waals surface area contributed by atoms with Crippen molar-refractivity contribution >= 4 is 11.8 Å². The molecule has 104 valence electrons. The van der Waals surface area contributed by atoms with Gasteiger partial charge >= 0.3 is 5.97 Å². The van der Waals surface area contributed by atoms with Gasteiger partial charge in [-0.05, 0) is 44.2 Å². The van der Waals surface area contributed by atoms with Crippen LogP contribution in [0.1, 0.15) is 41.4 Å². The van der Waals surface area contributed by atoms with Gasteiger partial charge in [-0.1, -0.05) is 0 Å². The maximum absolute atomic E-state index is 11.3. The maximum Gasteiger partial charge on any atom is 0.339 e. The monoisotopic (exact) mass is 264 g/mol. The Morgan fingerprint density at radius 1 is 1.47 bits per heavy atom. The lowest BCUT2D eigenvalue weighted by Gasteiger charge is -2.18. The fourth-order valence-corrected chi connectivity index (χ4v) is 2.32. The van der Waals surface area contributed by atoms with Crippen LogP contribution >= 0.6 is 0 Å². The first-order valence-electron chi connectivity index (χ1n) is 6.80. The number of anilines is 1. The number of carboxylic acid groups (broad SMARTS) is 1. The van der Waals surface area contributed by atoms with E-state index < -0.39 is 5.97 Å². The van der Waals surface area contributed by atoms with Crippen molar-refractivity contribution < 1.29 is 14.6 Å². The summed E-state index contributed by atoms with van der Waals surface area (Å²) in [5.41, 5.74) is 2.38. The molecular weight excluding hydrogens is 244 g/mol. The van der Waals surface area contributed by atoms with E-state index in [0.29, 0.717) is 25.6 Å². The first-order chi connectivity index (χ1) is 9.22. The van der Waals surface area contributed by atoms with Gasteiger partial charge in [0.15, 0.2) is 0 Å². The maximum atomic E-state index is 11.3. The molecule has 0 amide bonds. The van der Waals surface area contributed by atoms with Crippen LogP contribution in [0.3, 0.4) is 0 Å². The number of aryl methyl sites for hydroxylation is 2. The normalized spacial score (nSPS) is 13.9. The zero-order valence-corrected chi connectivity index (χ0v) is 11.2. The number of aromatic nitrogens is 1. The Bertz CT molecular complexity index is 460. The highest BCUT2D eigenvalue weighted by atomic mass is 16.5. The fraction of sp³-hybridized carbons (Fsp3) is 0.571. The fourth-order valence-electron chi connectivity index (χ4n) is 2.32. The van der Waals surface area contributed by atoms with Crippen LogP contribution in [-0.2, 0) is 17.6 Å². The van der Waals surface area contributed by atoms with Gasteiger partial charge in [-0.3, -0.25) is 0 Å². The van der Waals surface area contributed by atoms with Crippen molar-refractivity contribution in [3.8, 4) is 0 Å². The molecule has 1 aromatic heterocycles. The van der Waals surface area contributed by atoms with E-state index in [9.17, 15) is 9.90 Å². The average molecular weight is 264 g/mol. The molecule has 0 aliphatic heterocycles. The number of carbonyl (C=O) groups is 1. The lowest BCUT2D eigenvalue weighted by molar-refractivity contribution is 0.0697. The number of pyridine rings is 1. The van der Waals surface area contributed by atoms with Gasteiger partial charge in [0.05, 0.1) is 6.61 Å². The van der Waals surface area contributed by atoms with Crippen LogP contribution in [0.2, 0.25) is 0 Å². The lowest BCUT2D eigenvalue weighted by atomic mass is 9.95. The van der Waals surface area contributed by atoms with E-state index in [2.05, 4.69) is 10.3 Å². The first kappa shape index (κ1) is 13.8. The number of nitrogens with zero attached hydrogens (tertiary/aromatic N) is 1. The number of rotatable bonds is 6. The molecule has 0 radical (unpaired) electrons. The van der Waals surface area contributed by atoms with E-state index in [1.807, 2.05) is 6.92 Å². The third-order valence-electron chi connectivity index (χ3n) is 3.27. The molecule has 0 unspecified atom stereocenters. The summed E-state index contributed by atoms with van der Waals surface area (Å²) in [4.78, 5) is 15.8. The van der Waals surface area contributed by atoms with E-state index in [4.69, 9.17) is 4.74 Å². The van der Waals surface area contributed by atoms with Crippen LogP contribution in [0.15, 0.2) is 6.07 Å². The molecule has 1 aliphatic rings. The molecule has 0 saturated carbocycles. The number of aromatic carboxylic acids is 1. The van der Waals surface area contributed by atoms with Crippen LogP contribution < -0.4 is 5.32 Å². The van der Waals surface area contributed by atoms with E-state index >= 15 is 0 Å². The minimum absolute atomic E-state index is 0.261. The Morgan fingerprint density at radius 3 is 3.00 bits per heavy atom. The van der Waals surface area contributed by atoms with Crippen LogP contribution in [0.5, 0.6) is 0 Å². The van der Waals surface area contributed by atoms with Crippen molar-refractivity contribution in [3.05, 3.63) is 22.9 Å². The molecule has 19 heavy (non-hydrogen) atoms. The molecule has 0 aromatic carbocycles. The molecule has 0 bridgehead atoms. The molecule has 5 nitrogen and oxygen atoms in total. The second kappa shape index (κ2) is 6.52. The summed E-state index contributed by atoms with van der Waals surface area (Å²) >= 11 is 0. The Labute approximate surface area is 113 Å². The topological polar surface area (TPSA) is 71.5 Å². The van der Waals surface area contributed by atoms with Crippen molar-refractivity contribution in [2.24, 2.45) is 0 Å². The van der Waals surface area contributed by atoms with Gasteiger partial charge in [-0.15, -0.1) is 0 Å². The van der Waals surface area contributed by atoms with Gasteiger partial charge < -0.3 is 15.2 Å². The van der Waals surface area contributed by atoms with Gasteiger partial charge in [0.25, 0.3) is 0 Å². The second-order valence-corrected chi connectivity index (χ2v) is 4.63. The minimum atomic E-state index is -0.931. The Kier molecular flexibility index (Phi) is 4.74. The zero-order valence-electron chi connectivity index (χ0n) is 11.2. The SMILES string of the molecule is CCOCCNc1nc2c(cc1C(=O)O)CCCC2. The highest BCUT2D eigenvalue weighted by molar-refractivity contribution is 5.93. The van der Waals surface area contributed by atoms with E-state index in [-0.39, 0.29) is 5.56 Å². The van der Waals surface area contributed by atoms with E-state index in [1.165, 1.54) is 0 Å². The van der Waals surface area contributed by atoms with Crippen molar-refractivity contribution in [1.82, 2.24) is 4.98 Å². The van der Waals surface area contributed by atoms with Gasteiger partial charge in [-0.2, -0.15) is 0 Å². The number of hydrogen-bond acceptors (Lipinski definition) is 4. The van der Waals surface area contributed by atoms with E-state index in [0.717, 1.165) is 36.9 Å². The molecular formula is C14H20N2O3. The predicted molar refractivity (Wildman–Crippen MR) is 72.8 cm³/mol. The van der Waals surface area contributed by atoms with Gasteiger partial charge in [-0.25, -0.2) is 9.78 Å². The number of nitrogens with one attached hydrogen (secondary N) is 1. The summed E-state index contributed by atoms with van der Waals surface area (Å²) in [6.07, 6.45) is 4.12. The molecule has 0 saturated heterocycles. The zero-order chi connectivity index (χ0) is 13.7. The second-order valence-electron chi connectivity index (χ2n) is 4.63. The molecule has 0 fully saturated rings. The molecule has 5 heteroatoms. The molecule has 0 spiro atoms. The summed E-state index contributed by atoms with van der Waals surface area (Å²) in [7, 11) is 0. The highest BCUT2D eigenvalue weighted by Crippen LogP contribution is 2.24. The molecule has 2 N–H and O–H groups in total. The quantitative estimate of drug-likeness (QED) is 0.770. The minimum Gasteiger partial charge on any atom is -0.478 e. The Balaban J connectivity index is 2.17. The molecule has 2 rings (SSSR count). The van der Waals surface area contributed by atoms with Crippen LogP contribution in [-0.4, -0.2) is 35.8 Å². The van der Waals surface area contributed by atoms with Gasteiger partial charge in [0.1, 0.15) is 11.4 Å². The molecule has 1 heterocycles. The van der Waals surface area contributed by atoms with Gasteiger partial charge in [0.2, 0.25) is 0 Å². The van der Waals surface area contributed by atoms with E-state index in [1.54, 1.807) is 6.07 Å². The molecule has 1 aliphatic carbocycles.